The van der Waals surface area contributed by atoms with Crippen LogP contribution in [0.5, 0.6) is 0 Å². The Balaban J connectivity index is 1.79. The Bertz CT molecular complexity index is 991. The van der Waals surface area contributed by atoms with Gasteiger partial charge in [0, 0.05) is 12.4 Å². The predicted molar refractivity (Wildman–Crippen MR) is 107 cm³/mol. The SMILES string of the molecule is Cc1cccc(N=C(N)N(C)c2ccc3c4c(cccc24)CC3)c1C. The topological polar surface area (TPSA) is 41.6 Å². The Morgan fingerprint density at radius 3 is 2.48 bits per heavy atom. The van der Waals surface area contributed by atoms with E-state index in [0.717, 1.165) is 24.2 Å². The monoisotopic (exact) mass is 329 g/mol. The average molecular weight is 329 g/mol. The zero-order valence-corrected chi connectivity index (χ0v) is 15.0. The van der Waals surface area contributed by atoms with E-state index >= 15 is 0 Å². The zero-order chi connectivity index (χ0) is 17.6. The molecule has 0 atom stereocenters. The van der Waals surface area contributed by atoms with Gasteiger partial charge in [0.05, 0.1) is 11.4 Å². The van der Waals surface area contributed by atoms with Crippen LogP contribution in [0, 0.1) is 13.8 Å². The quantitative estimate of drug-likeness (QED) is 0.550. The number of hydrogen-bond donors (Lipinski definition) is 1. The molecule has 3 heteroatoms. The van der Waals surface area contributed by atoms with Gasteiger partial charge in [0.25, 0.3) is 0 Å². The lowest BCUT2D eigenvalue weighted by atomic mass is 10.0. The third kappa shape index (κ3) is 2.56. The van der Waals surface area contributed by atoms with Crippen LogP contribution in [0.25, 0.3) is 10.8 Å². The molecule has 0 unspecified atom stereocenters. The molecule has 0 amide bonds. The number of hydrogen-bond acceptors (Lipinski definition) is 1. The van der Waals surface area contributed by atoms with E-state index in [4.69, 9.17) is 5.73 Å². The zero-order valence-electron chi connectivity index (χ0n) is 15.0. The van der Waals surface area contributed by atoms with Crippen molar-refractivity contribution in [1.82, 2.24) is 0 Å². The van der Waals surface area contributed by atoms with Crippen molar-refractivity contribution in [3.8, 4) is 0 Å². The van der Waals surface area contributed by atoms with Crippen molar-refractivity contribution in [3.63, 3.8) is 0 Å². The van der Waals surface area contributed by atoms with Gasteiger partial charge in [-0.3, -0.25) is 0 Å². The second-order valence-electron chi connectivity index (χ2n) is 6.83. The van der Waals surface area contributed by atoms with Crippen LogP contribution in [0.2, 0.25) is 0 Å². The summed E-state index contributed by atoms with van der Waals surface area (Å²) in [6, 6.07) is 17.1. The van der Waals surface area contributed by atoms with Crippen molar-refractivity contribution in [1.29, 1.82) is 0 Å². The maximum atomic E-state index is 6.36. The highest BCUT2D eigenvalue weighted by molar-refractivity contribution is 6.07. The molecule has 3 nitrogen and oxygen atoms in total. The van der Waals surface area contributed by atoms with E-state index in [1.807, 2.05) is 24.1 Å². The van der Waals surface area contributed by atoms with Crippen molar-refractivity contribution < 1.29 is 0 Å². The second-order valence-corrected chi connectivity index (χ2v) is 6.83. The summed E-state index contributed by atoms with van der Waals surface area (Å²) in [5, 5.41) is 2.65. The first-order valence-corrected chi connectivity index (χ1v) is 8.74. The van der Waals surface area contributed by atoms with E-state index in [0.29, 0.717) is 5.96 Å². The largest absolute Gasteiger partial charge is 0.369 e. The lowest BCUT2D eigenvalue weighted by Crippen LogP contribution is -2.33. The summed E-state index contributed by atoms with van der Waals surface area (Å²) in [6.45, 7) is 4.18. The third-order valence-electron chi connectivity index (χ3n) is 5.37. The summed E-state index contributed by atoms with van der Waals surface area (Å²) < 4.78 is 0. The van der Waals surface area contributed by atoms with Crippen LogP contribution in [0.4, 0.5) is 11.4 Å². The van der Waals surface area contributed by atoms with Crippen molar-refractivity contribution in [2.45, 2.75) is 26.7 Å². The fourth-order valence-corrected chi connectivity index (χ4v) is 3.70. The summed E-state index contributed by atoms with van der Waals surface area (Å²) in [5.41, 5.74) is 13.7. The maximum Gasteiger partial charge on any atom is 0.200 e. The van der Waals surface area contributed by atoms with Gasteiger partial charge in [0.2, 0.25) is 5.96 Å². The van der Waals surface area contributed by atoms with Crippen LogP contribution in [0.3, 0.4) is 0 Å². The molecule has 0 saturated heterocycles. The summed E-state index contributed by atoms with van der Waals surface area (Å²) >= 11 is 0. The number of aryl methyl sites for hydroxylation is 3. The summed E-state index contributed by atoms with van der Waals surface area (Å²) in [5.74, 6) is 0.507. The number of nitrogens with zero attached hydrogens (tertiary/aromatic N) is 2. The maximum absolute atomic E-state index is 6.36. The van der Waals surface area contributed by atoms with E-state index < -0.39 is 0 Å². The summed E-state index contributed by atoms with van der Waals surface area (Å²) in [4.78, 5) is 6.67. The van der Waals surface area contributed by atoms with Crippen LogP contribution in [-0.4, -0.2) is 13.0 Å². The van der Waals surface area contributed by atoms with Crippen molar-refractivity contribution >= 4 is 28.1 Å². The first-order chi connectivity index (χ1) is 12.1. The van der Waals surface area contributed by atoms with Crippen LogP contribution >= 0.6 is 0 Å². The molecule has 3 aromatic rings. The smallest absolute Gasteiger partial charge is 0.200 e. The average Bonchev–Trinajstić information content (AvgIpc) is 3.04. The number of anilines is 1. The molecule has 2 N–H and O–H groups in total. The van der Waals surface area contributed by atoms with Gasteiger partial charge in [-0.25, -0.2) is 4.99 Å². The van der Waals surface area contributed by atoms with Gasteiger partial charge in [0.15, 0.2) is 0 Å². The van der Waals surface area contributed by atoms with Gasteiger partial charge in [-0.2, -0.15) is 0 Å². The van der Waals surface area contributed by atoms with Crippen molar-refractivity contribution in [2.24, 2.45) is 10.7 Å². The molecule has 0 heterocycles. The molecule has 1 aliphatic carbocycles. The Labute approximate surface area is 148 Å². The molecule has 0 spiro atoms. The lowest BCUT2D eigenvalue weighted by Gasteiger charge is -2.21. The Morgan fingerprint density at radius 2 is 1.68 bits per heavy atom. The van der Waals surface area contributed by atoms with Gasteiger partial charge in [-0.1, -0.05) is 36.4 Å². The molecular weight excluding hydrogens is 306 g/mol. The Morgan fingerprint density at radius 1 is 0.960 bits per heavy atom. The van der Waals surface area contributed by atoms with Gasteiger partial charge in [-0.05, 0) is 66.5 Å². The fraction of sp³-hybridized carbons (Fsp3) is 0.227. The predicted octanol–water partition coefficient (Wildman–Crippen LogP) is 4.64. The number of guanidine groups is 1. The van der Waals surface area contributed by atoms with Gasteiger partial charge >= 0.3 is 0 Å². The van der Waals surface area contributed by atoms with E-state index in [-0.39, 0.29) is 0 Å². The standard InChI is InChI=1S/C22H23N3/c1-14-6-4-9-19(15(14)2)24-22(23)25(3)20-13-12-17-11-10-16-7-5-8-18(20)21(16)17/h4-9,12-13H,10-11H2,1-3H3,(H2,23,24). The molecular formula is C22H23N3. The van der Waals surface area contributed by atoms with E-state index in [2.05, 4.69) is 55.2 Å². The normalized spacial score (nSPS) is 13.5. The minimum absolute atomic E-state index is 0.507. The van der Waals surface area contributed by atoms with Crippen LogP contribution in [0.1, 0.15) is 22.3 Å². The molecule has 0 aliphatic heterocycles. The van der Waals surface area contributed by atoms with E-state index in [1.165, 1.54) is 33.0 Å². The fourth-order valence-electron chi connectivity index (χ4n) is 3.70. The molecule has 0 fully saturated rings. The lowest BCUT2D eigenvalue weighted by molar-refractivity contribution is 1.02. The molecule has 25 heavy (non-hydrogen) atoms. The number of nitrogens with two attached hydrogens (primary N) is 1. The molecule has 0 radical (unpaired) electrons. The number of benzene rings is 3. The molecule has 0 aromatic heterocycles. The van der Waals surface area contributed by atoms with E-state index in [9.17, 15) is 0 Å². The first-order valence-electron chi connectivity index (χ1n) is 8.74. The van der Waals surface area contributed by atoms with Crippen molar-refractivity contribution in [3.05, 3.63) is 70.8 Å². The Kier molecular flexibility index (Phi) is 3.72. The van der Waals surface area contributed by atoms with Gasteiger partial charge in [0.1, 0.15) is 0 Å². The number of rotatable bonds is 2. The van der Waals surface area contributed by atoms with Gasteiger partial charge in [-0.15, -0.1) is 0 Å². The third-order valence-corrected chi connectivity index (χ3v) is 5.37. The summed E-state index contributed by atoms with van der Waals surface area (Å²) in [7, 11) is 1.99. The highest BCUT2D eigenvalue weighted by Gasteiger charge is 2.18. The van der Waals surface area contributed by atoms with Crippen molar-refractivity contribution in [2.75, 3.05) is 11.9 Å². The first kappa shape index (κ1) is 15.7. The molecule has 3 aromatic carbocycles. The molecule has 4 rings (SSSR count). The molecule has 0 bridgehead atoms. The van der Waals surface area contributed by atoms with E-state index in [1.54, 1.807) is 0 Å². The Hall–Kier alpha value is -2.81. The summed E-state index contributed by atoms with van der Waals surface area (Å²) in [6.07, 6.45) is 2.26. The highest BCUT2D eigenvalue weighted by Crippen LogP contribution is 2.36. The van der Waals surface area contributed by atoms with Gasteiger partial charge < -0.3 is 10.6 Å². The minimum atomic E-state index is 0.507. The minimum Gasteiger partial charge on any atom is -0.369 e. The molecule has 126 valence electrons. The second kappa shape index (κ2) is 5.92. The van der Waals surface area contributed by atoms with Crippen LogP contribution in [0.15, 0.2) is 53.5 Å². The highest BCUT2D eigenvalue weighted by atomic mass is 15.2. The van der Waals surface area contributed by atoms with Crippen LogP contribution in [-0.2, 0) is 12.8 Å². The van der Waals surface area contributed by atoms with Crippen LogP contribution < -0.4 is 10.6 Å². The molecule has 1 aliphatic rings. The molecule has 0 saturated carbocycles. The number of aliphatic imine (C=N–C) groups is 1.